The molecule has 0 atom stereocenters. The van der Waals surface area contributed by atoms with E-state index in [-0.39, 0.29) is 0 Å². The monoisotopic (exact) mass is 188 g/mol. The Morgan fingerprint density at radius 1 is 1.21 bits per heavy atom. The number of hydrogen-bond donors (Lipinski definition) is 0. The molecule has 0 radical (unpaired) electrons. The molecule has 0 saturated carbocycles. The highest BCUT2D eigenvalue weighted by Crippen LogP contribution is 2.24. The van der Waals surface area contributed by atoms with Crippen LogP contribution in [0.3, 0.4) is 0 Å². The Hall–Kier alpha value is -1.24. The molecule has 0 aliphatic heterocycles. The van der Waals surface area contributed by atoms with Crippen LogP contribution in [0.15, 0.2) is 30.0 Å². The molecule has 0 heterocycles. The molecule has 1 aromatic carbocycles. The average Bonchev–Trinajstić information content (AvgIpc) is 2.26. The van der Waals surface area contributed by atoms with Gasteiger partial charge in [0.1, 0.15) is 0 Å². The lowest BCUT2D eigenvalue weighted by Gasteiger charge is -2.16. The normalized spacial score (nSPS) is 14.5. The molecule has 14 heavy (non-hydrogen) atoms. The summed E-state index contributed by atoms with van der Waals surface area (Å²) in [6, 6.07) is 8.54. The van der Waals surface area contributed by atoms with Crippen molar-refractivity contribution in [2.24, 2.45) is 0 Å². The number of allylic oxidation sites excluding steroid dienone is 1. The van der Waals surface area contributed by atoms with E-state index in [2.05, 4.69) is 37.3 Å². The predicted molar refractivity (Wildman–Crippen MR) is 59.0 cm³/mol. The van der Waals surface area contributed by atoms with E-state index < -0.39 is 0 Å². The van der Waals surface area contributed by atoms with Crippen LogP contribution in [-0.4, -0.2) is 6.61 Å². The summed E-state index contributed by atoms with van der Waals surface area (Å²) in [5, 5.41) is 0. The van der Waals surface area contributed by atoms with Crippen LogP contribution in [0, 0.1) is 0 Å². The van der Waals surface area contributed by atoms with Gasteiger partial charge in [-0.3, -0.25) is 0 Å². The van der Waals surface area contributed by atoms with E-state index in [1.807, 2.05) is 0 Å². The Balaban J connectivity index is 2.14. The lowest BCUT2D eigenvalue weighted by atomic mass is 9.96. The summed E-state index contributed by atoms with van der Waals surface area (Å²) in [6.45, 7) is 2.98. The molecular formula is C13H16O. The van der Waals surface area contributed by atoms with Gasteiger partial charge < -0.3 is 4.74 Å². The van der Waals surface area contributed by atoms with E-state index in [9.17, 15) is 0 Å². The minimum Gasteiger partial charge on any atom is -0.498 e. The number of aryl methyl sites for hydroxylation is 1. The van der Waals surface area contributed by atoms with Gasteiger partial charge in [0.25, 0.3) is 0 Å². The van der Waals surface area contributed by atoms with Crippen molar-refractivity contribution in [3.05, 3.63) is 41.2 Å². The molecule has 1 aromatic rings. The van der Waals surface area contributed by atoms with Crippen molar-refractivity contribution < 1.29 is 4.74 Å². The van der Waals surface area contributed by atoms with Crippen molar-refractivity contribution >= 4 is 6.08 Å². The lowest BCUT2D eigenvalue weighted by molar-refractivity contribution is 0.205. The average molecular weight is 188 g/mol. The standard InChI is InChI=1S/C13H16O/c1-2-9-14-13-8-7-11-5-3-4-6-12(11)10-13/h3-6,10H,2,7-9H2,1H3. The minimum atomic E-state index is 0.841. The number of benzene rings is 1. The highest BCUT2D eigenvalue weighted by Gasteiger charge is 2.09. The molecule has 1 heteroatoms. The quantitative estimate of drug-likeness (QED) is 0.706. The van der Waals surface area contributed by atoms with Gasteiger partial charge in [-0.25, -0.2) is 0 Å². The summed E-state index contributed by atoms with van der Waals surface area (Å²) in [4.78, 5) is 0. The van der Waals surface area contributed by atoms with E-state index in [1.54, 1.807) is 0 Å². The smallest absolute Gasteiger partial charge is 0.0969 e. The van der Waals surface area contributed by atoms with Crippen LogP contribution in [0.1, 0.15) is 30.9 Å². The van der Waals surface area contributed by atoms with Gasteiger partial charge in [-0.05, 0) is 30.0 Å². The Morgan fingerprint density at radius 2 is 2.07 bits per heavy atom. The Bertz CT molecular complexity index is 339. The molecule has 1 nitrogen and oxygen atoms in total. The minimum absolute atomic E-state index is 0.841. The fraction of sp³-hybridized carbons (Fsp3) is 0.385. The van der Waals surface area contributed by atoms with Crippen molar-refractivity contribution in [2.45, 2.75) is 26.2 Å². The summed E-state index contributed by atoms with van der Waals surface area (Å²) >= 11 is 0. The van der Waals surface area contributed by atoms with Gasteiger partial charge in [0.05, 0.1) is 12.4 Å². The summed E-state index contributed by atoms with van der Waals surface area (Å²) in [5.74, 6) is 1.14. The molecule has 74 valence electrons. The molecule has 0 amide bonds. The first kappa shape index (κ1) is 9.32. The highest BCUT2D eigenvalue weighted by molar-refractivity contribution is 5.57. The summed E-state index contributed by atoms with van der Waals surface area (Å²) in [6.07, 6.45) is 5.43. The van der Waals surface area contributed by atoms with Gasteiger partial charge in [0.2, 0.25) is 0 Å². The van der Waals surface area contributed by atoms with Gasteiger partial charge in [0.15, 0.2) is 0 Å². The zero-order valence-corrected chi connectivity index (χ0v) is 8.62. The largest absolute Gasteiger partial charge is 0.498 e. The maximum atomic E-state index is 5.65. The molecule has 0 bridgehead atoms. The fourth-order valence-corrected chi connectivity index (χ4v) is 1.75. The van der Waals surface area contributed by atoms with Gasteiger partial charge >= 0.3 is 0 Å². The third kappa shape index (κ3) is 1.98. The van der Waals surface area contributed by atoms with Gasteiger partial charge in [-0.1, -0.05) is 31.2 Å². The van der Waals surface area contributed by atoms with Gasteiger partial charge in [0, 0.05) is 6.42 Å². The van der Waals surface area contributed by atoms with Gasteiger partial charge in [-0.15, -0.1) is 0 Å². The number of fused-ring (bicyclic) bond motifs is 1. The lowest BCUT2D eigenvalue weighted by Crippen LogP contribution is -2.02. The second-order valence-electron chi connectivity index (χ2n) is 3.66. The second kappa shape index (κ2) is 4.32. The van der Waals surface area contributed by atoms with E-state index >= 15 is 0 Å². The predicted octanol–water partition coefficient (Wildman–Crippen LogP) is 3.40. The molecule has 1 aliphatic rings. The van der Waals surface area contributed by atoms with Crippen molar-refractivity contribution in [3.63, 3.8) is 0 Å². The van der Waals surface area contributed by atoms with E-state index in [1.165, 1.54) is 11.1 Å². The summed E-state index contributed by atoms with van der Waals surface area (Å²) < 4.78 is 5.65. The van der Waals surface area contributed by atoms with Crippen LogP contribution < -0.4 is 0 Å². The molecule has 0 saturated heterocycles. The number of ether oxygens (including phenoxy) is 1. The topological polar surface area (TPSA) is 9.23 Å². The summed E-state index contributed by atoms with van der Waals surface area (Å²) in [7, 11) is 0. The highest BCUT2D eigenvalue weighted by atomic mass is 16.5. The zero-order valence-electron chi connectivity index (χ0n) is 8.62. The van der Waals surface area contributed by atoms with Crippen molar-refractivity contribution in [2.75, 3.05) is 6.61 Å². The molecule has 2 rings (SSSR count). The molecule has 0 aromatic heterocycles. The Kier molecular flexibility index (Phi) is 2.87. The molecule has 1 aliphatic carbocycles. The molecule has 0 spiro atoms. The van der Waals surface area contributed by atoms with E-state index in [0.717, 1.165) is 31.6 Å². The summed E-state index contributed by atoms with van der Waals surface area (Å²) in [5.41, 5.74) is 2.77. The first-order valence-electron chi connectivity index (χ1n) is 5.31. The third-order valence-corrected chi connectivity index (χ3v) is 2.50. The fourth-order valence-electron chi connectivity index (χ4n) is 1.75. The number of rotatable bonds is 3. The van der Waals surface area contributed by atoms with Gasteiger partial charge in [-0.2, -0.15) is 0 Å². The molecular weight excluding hydrogens is 172 g/mol. The maximum absolute atomic E-state index is 5.65. The SMILES string of the molecule is CCCOC1=Cc2ccccc2CC1. The van der Waals surface area contributed by atoms with Crippen molar-refractivity contribution in [1.29, 1.82) is 0 Å². The van der Waals surface area contributed by atoms with Crippen molar-refractivity contribution in [1.82, 2.24) is 0 Å². The number of hydrogen-bond acceptors (Lipinski definition) is 1. The zero-order chi connectivity index (χ0) is 9.80. The first-order valence-corrected chi connectivity index (χ1v) is 5.31. The van der Waals surface area contributed by atoms with Crippen LogP contribution in [0.5, 0.6) is 0 Å². The van der Waals surface area contributed by atoms with Crippen molar-refractivity contribution in [3.8, 4) is 0 Å². The Morgan fingerprint density at radius 3 is 2.93 bits per heavy atom. The second-order valence-corrected chi connectivity index (χ2v) is 3.66. The first-order chi connectivity index (χ1) is 6.90. The van der Waals surface area contributed by atoms with Crippen LogP contribution in [0.4, 0.5) is 0 Å². The molecule has 0 N–H and O–H groups in total. The van der Waals surface area contributed by atoms with Crippen LogP contribution in [0.25, 0.3) is 6.08 Å². The molecule has 0 fully saturated rings. The van der Waals surface area contributed by atoms with E-state index in [4.69, 9.17) is 4.74 Å². The molecule has 0 unspecified atom stereocenters. The Labute approximate surface area is 85.4 Å². The van der Waals surface area contributed by atoms with Crippen LogP contribution >= 0.6 is 0 Å². The third-order valence-electron chi connectivity index (χ3n) is 2.50. The van der Waals surface area contributed by atoms with Crippen LogP contribution in [-0.2, 0) is 11.2 Å². The maximum Gasteiger partial charge on any atom is 0.0969 e. The van der Waals surface area contributed by atoms with E-state index in [0.29, 0.717) is 0 Å². The van der Waals surface area contributed by atoms with Crippen LogP contribution in [0.2, 0.25) is 0 Å².